The predicted octanol–water partition coefficient (Wildman–Crippen LogP) is 2.43. The summed E-state index contributed by atoms with van der Waals surface area (Å²) in [6.45, 7) is 7.30. The van der Waals surface area contributed by atoms with Crippen molar-refractivity contribution in [2.45, 2.75) is 57.9 Å². The number of rotatable bonds is 8. The van der Waals surface area contributed by atoms with Crippen LogP contribution in [0.1, 0.15) is 46.1 Å². The van der Waals surface area contributed by atoms with Gasteiger partial charge in [0.2, 0.25) is 27.7 Å². The summed E-state index contributed by atoms with van der Waals surface area (Å²) in [4.78, 5) is 53.4. The number of benzene rings is 2. The lowest BCUT2D eigenvalue weighted by Crippen LogP contribution is -2.47. The fraction of sp³-hybridized carbons (Fsp3) is 0.385. The molecule has 0 bridgehead atoms. The van der Waals surface area contributed by atoms with Crippen molar-refractivity contribution in [3.8, 4) is 0 Å². The highest BCUT2D eigenvalue weighted by molar-refractivity contribution is 7.89. The average Bonchev–Trinajstić information content (AvgIpc) is 3.06. The molecular weight excluding hydrogens is 496 g/mol. The number of nitrogens with two attached hydrogens (primary N) is 1. The second-order valence-corrected chi connectivity index (χ2v) is 11.8. The zero-order valence-electron chi connectivity index (χ0n) is 21.4. The van der Waals surface area contributed by atoms with E-state index in [1.54, 1.807) is 36.4 Å². The highest BCUT2D eigenvalue weighted by Crippen LogP contribution is 2.29. The Morgan fingerprint density at radius 3 is 2.16 bits per heavy atom. The average molecular weight is 529 g/mol. The molecule has 0 radical (unpaired) electrons. The van der Waals surface area contributed by atoms with Gasteiger partial charge in [-0.15, -0.1) is 0 Å². The van der Waals surface area contributed by atoms with Gasteiger partial charge in [0.05, 0.1) is 17.0 Å². The lowest BCUT2D eigenvalue weighted by Gasteiger charge is -2.30. The van der Waals surface area contributed by atoms with E-state index in [2.05, 4.69) is 5.32 Å². The number of anilines is 2. The van der Waals surface area contributed by atoms with Gasteiger partial charge in [0.15, 0.2) is 0 Å². The van der Waals surface area contributed by atoms with Crippen molar-refractivity contribution in [3.05, 3.63) is 54.1 Å². The second kappa shape index (κ2) is 10.8. The van der Waals surface area contributed by atoms with E-state index in [-0.39, 0.29) is 41.5 Å². The van der Waals surface area contributed by atoms with Crippen LogP contribution >= 0.6 is 0 Å². The Morgan fingerprint density at radius 1 is 1.05 bits per heavy atom. The maximum atomic E-state index is 13.4. The van der Waals surface area contributed by atoms with E-state index in [9.17, 15) is 27.6 Å². The van der Waals surface area contributed by atoms with E-state index in [0.717, 1.165) is 10.5 Å². The molecule has 1 atom stereocenters. The number of nitrogens with one attached hydrogen (secondary N) is 1. The molecule has 1 unspecified atom stereocenters. The summed E-state index contributed by atoms with van der Waals surface area (Å²) in [6, 6.07) is 11.4. The first-order valence-corrected chi connectivity index (χ1v) is 13.4. The number of nitrogens with zero attached hydrogens (tertiary/aromatic N) is 2. The molecular formula is C26H32N4O6S. The Balaban J connectivity index is 1.83. The Morgan fingerprint density at radius 2 is 1.65 bits per heavy atom. The number of carbonyl (C=O) groups excluding carboxylic acids is 4. The van der Waals surface area contributed by atoms with E-state index in [0.29, 0.717) is 17.8 Å². The van der Waals surface area contributed by atoms with Crippen LogP contribution in [0, 0.1) is 5.41 Å². The third-order valence-electron chi connectivity index (χ3n) is 5.84. The topological polar surface area (TPSA) is 147 Å². The number of amides is 4. The smallest absolute Gasteiger partial charge is 0.257 e. The lowest BCUT2D eigenvalue weighted by molar-refractivity contribution is -0.139. The van der Waals surface area contributed by atoms with Gasteiger partial charge in [0, 0.05) is 25.6 Å². The zero-order chi connectivity index (χ0) is 27.5. The van der Waals surface area contributed by atoms with Gasteiger partial charge in [0.1, 0.15) is 6.04 Å². The summed E-state index contributed by atoms with van der Waals surface area (Å²) in [5.41, 5.74) is 1.30. The first kappa shape index (κ1) is 28.0. The predicted molar refractivity (Wildman–Crippen MR) is 139 cm³/mol. The minimum Gasteiger partial charge on any atom is -0.330 e. The lowest BCUT2D eigenvalue weighted by atomic mass is 9.91. The first-order valence-electron chi connectivity index (χ1n) is 11.8. The molecule has 1 aliphatic heterocycles. The van der Waals surface area contributed by atoms with Crippen molar-refractivity contribution in [2.24, 2.45) is 10.6 Å². The molecule has 37 heavy (non-hydrogen) atoms. The van der Waals surface area contributed by atoms with Crippen molar-refractivity contribution in [2.75, 3.05) is 16.8 Å². The van der Waals surface area contributed by atoms with Crippen LogP contribution in [0.2, 0.25) is 0 Å². The third-order valence-corrected chi connectivity index (χ3v) is 6.77. The van der Waals surface area contributed by atoms with E-state index < -0.39 is 27.9 Å². The molecule has 11 heteroatoms. The monoisotopic (exact) mass is 528 g/mol. The van der Waals surface area contributed by atoms with Gasteiger partial charge >= 0.3 is 0 Å². The molecule has 1 saturated heterocycles. The Hall–Kier alpha value is -3.57. The molecule has 3 N–H and O–H groups in total. The molecule has 10 nitrogen and oxygen atoms in total. The van der Waals surface area contributed by atoms with Gasteiger partial charge in [-0.2, -0.15) is 0 Å². The number of carbonyl (C=O) groups is 4. The first-order chi connectivity index (χ1) is 17.2. The molecule has 1 aliphatic rings. The normalized spacial score (nSPS) is 16.1. The van der Waals surface area contributed by atoms with Gasteiger partial charge in [-0.1, -0.05) is 32.9 Å². The van der Waals surface area contributed by atoms with Crippen molar-refractivity contribution in [1.82, 2.24) is 4.90 Å². The second-order valence-electron chi connectivity index (χ2n) is 10.3. The molecule has 4 amide bonds. The van der Waals surface area contributed by atoms with Crippen molar-refractivity contribution >= 4 is 45.0 Å². The van der Waals surface area contributed by atoms with E-state index in [1.165, 1.54) is 24.0 Å². The summed E-state index contributed by atoms with van der Waals surface area (Å²) in [5.74, 6) is -1.41. The van der Waals surface area contributed by atoms with Crippen LogP contribution in [0.4, 0.5) is 11.4 Å². The molecule has 2 aromatic carbocycles. The van der Waals surface area contributed by atoms with Crippen molar-refractivity contribution in [3.63, 3.8) is 0 Å². The van der Waals surface area contributed by atoms with Crippen molar-refractivity contribution < 1.29 is 27.6 Å². The number of sulfonamides is 1. The molecule has 3 rings (SSSR count). The van der Waals surface area contributed by atoms with Crippen LogP contribution in [0.25, 0.3) is 0 Å². The van der Waals surface area contributed by atoms with Crippen LogP contribution in [-0.4, -0.2) is 49.5 Å². The fourth-order valence-electron chi connectivity index (χ4n) is 4.13. The van der Waals surface area contributed by atoms with Crippen LogP contribution in [0.15, 0.2) is 53.4 Å². The zero-order valence-corrected chi connectivity index (χ0v) is 22.2. The van der Waals surface area contributed by atoms with Gasteiger partial charge in [-0.3, -0.25) is 19.2 Å². The Labute approximate surface area is 216 Å². The summed E-state index contributed by atoms with van der Waals surface area (Å²) in [6.07, 6.45) is 0.386. The van der Waals surface area contributed by atoms with Crippen LogP contribution in [0.5, 0.6) is 0 Å². The van der Waals surface area contributed by atoms with Crippen LogP contribution in [-0.2, 0) is 35.6 Å². The maximum Gasteiger partial charge on any atom is 0.257 e. The Kier molecular flexibility index (Phi) is 8.19. The standard InChI is InChI=1S/C26H32N4O6S/c1-17(31)28-19-7-9-20(10-8-19)30-23(32)15-22(25(30)34)29(24(33)16-26(2,3)4)14-13-18-5-11-21(12-6-18)37(27,35)36/h5-12,22H,13-16H2,1-4H3,(H,28,31)(H2,27,35,36). The van der Waals surface area contributed by atoms with Gasteiger partial charge in [0.25, 0.3) is 5.91 Å². The largest absolute Gasteiger partial charge is 0.330 e. The van der Waals surface area contributed by atoms with Crippen LogP contribution < -0.4 is 15.4 Å². The molecule has 0 aromatic heterocycles. The Bertz CT molecular complexity index is 1300. The molecule has 2 aromatic rings. The molecule has 1 heterocycles. The van der Waals surface area contributed by atoms with Crippen molar-refractivity contribution in [1.29, 1.82) is 0 Å². The molecule has 0 aliphatic carbocycles. The molecule has 0 spiro atoms. The summed E-state index contributed by atoms with van der Waals surface area (Å²) >= 11 is 0. The number of imide groups is 1. The summed E-state index contributed by atoms with van der Waals surface area (Å²) in [7, 11) is -3.83. The maximum absolute atomic E-state index is 13.4. The van der Waals surface area contributed by atoms with E-state index in [1.807, 2.05) is 20.8 Å². The van der Waals surface area contributed by atoms with E-state index >= 15 is 0 Å². The number of hydrogen-bond donors (Lipinski definition) is 2. The van der Waals surface area contributed by atoms with Gasteiger partial charge < -0.3 is 10.2 Å². The highest BCUT2D eigenvalue weighted by Gasteiger charge is 2.44. The molecule has 1 fully saturated rings. The fourth-order valence-corrected chi connectivity index (χ4v) is 4.65. The molecule has 0 saturated carbocycles. The van der Waals surface area contributed by atoms with Gasteiger partial charge in [-0.05, 0) is 53.8 Å². The SMILES string of the molecule is CC(=O)Nc1ccc(N2C(=O)CC(N(CCc3ccc(S(N)(=O)=O)cc3)C(=O)CC(C)(C)C)C2=O)cc1. The quantitative estimate of drug-likeness (QED) is 0.503. The summed E-state index contributed by atoms with van der Waals surface area (Å²) < 4.78 is 23.0. The minimum atomic E-state index is -3.83. The number of hydrogen-bond acceptors (Lipinski definition) is 6. The van der Waals surface area contributed by atoms with E-state index in [4.69, 9.17) is 5.14 Å². The highest BCUT2D eigenvalue weighted by atomic mass is 32.2. The third kappa shape index (κ3) is 7.23. The number of primary sulfonamides is 1. The minimum absolute atomic E-state index is 0.0198. The van der Waals surface area contributed by atoms with Gasteiger partial charge in [-0.25, -0.2) is 18.5 Å². The summed E-state index contributed by atoms with van der Waals surface area (Å²) in [5, 5.41) is 7.79. The van der Waals surface area contributed by atoms with Crippen LogP contribution in [0.3, 0.4) is 0 Å². The molecule has 198 valence electrons.